The number of carbonyl (C=O) groups is 1. The van der Waals surface area contributed by atoms with E-state index < -0.39 is 5.97 Å². The molecule has 0 aliphatic rings. The Balaban J connectivity index is 2.06. The zero-order valence-electron chi connectivity index (χ0n) is 9.47. The molecular formula is C13H11BrN2O2. The van der Waals surface area contributed by atoms with Crippen LogP contribution in [-0.2, 0) is 11.3 Å². The first-order valence-corrected chi connectivity index (χ1v) is 6.08. The summed E-state index contributed by atoms with van der Waals surface area (Å²) in [5, 5.41) is 0. The molecular weight excluding hydrogens is 296 g/mol. The van der Waals surface area contributed by atoms with E-state index in [0.717, 1.165) is 5.56 Å². The van der Waals surface area contributed by atoms with Gasteiger partial charge in [0, 0.05) is 10.7 Å². The molecule has 1 aromatic carbocycles. The van der Waals surface area contributed by atoms with Gasteiger partial charge in [-0.3, -0.25) is 0 Å². The second kappa shape index (κ2) is 5.64. The number of carbonyl (C=O) groups excluding carboxylic acids is 1. The normalized spacial score (nSPS) is 10.1. The average molecular weight is 307 g/mol. The number of hydrogen-bond acceptors (Lipinski definition) is 4. The van der Waals surface area contributed by atoms with Crippen LogP contribution >= 0.6 is 15.9 Å². The topological polar surface area (TPSA) is 65.2 Å². The van der Waals surface area contributed by atoms with Gasteiger partial charge in [0.15, 0.2) is 0 Å². The van der Waals surface area contributed by atoms with Gasteiger partial charge in [-0.15, -0.1) is 0 Å². The second-order valence-corrected chi connectivity index (χ2v) is 4.56. The van der Waals surface area contributed by atoms with Gasteiger partial charge in [0.25, 0.3) is 0 Å². The van der Waals surface area contributed by atoms with Crippen LogP contribution in [0.1, 0.15) is 15.9 Å². The molecule has 1 aromatic heterocycles. The highest BCUT2D eigenvalue weighted by atomic mass is 79.9. The van der Waals surface area contributed by atoms with Crippen molar-refractivity contribution >= 4 is 27.7 Å². The lowest BCUT2D eigenvalue weighted by Crippen LogP contribution is -2.09. The molecule has 0 unspecified atom stereocenters. The molecule has 0 radical (unpaired) electrons. The summed E-state index contributed by atoms with van der Waals surface area (Å²) < 4.78 is 5.85. The molecule has 0 saturated heterocycles. The monoisotopic (exact) mass is 306 g/mol. The minimum atomic E-state index is -0.481. The number of aromatic nitrogens is 1. The smallest absolute Gasteiger partial charge is 0.342 e. The van der Waals surface area contributed by atoms with E-state index in [1.54, 1.807) is 6.07 Å². The number of hydrogen-bond donors (Lipinski definition) is 1. The summed E-state index contributed by atoms with van der Waals surface area (Å²) in [4.78, 5) is 15.7. The molecule has 1 heterocycles. The maximum atomic E-state index is 11.8. The minimum absolute atomic E-state index is 0.163. The molecule has 0 fully saturated rings. The quantitative estimate of drug-likeness (QED) is 0.886. The van der Waals surface area contributed by atoms with E-state index in [-0.39, 0.29) is 18.0 Å². The number of halogens is 1. The minimum Gasteiger partial charge on any atom is -0.457 e. The summed E-state index contributed by atoms with van der Waals surface area (Å²) in [6.45, 7) is 0.214. The van der Waals surface area contributed by atoms with E-state index in [1.165, 1.54) is 6.20 Å². The van der Waals surface area contributed by atoms with E-state index in [4.69, 9.17) is 10.5 Å². The molecule has 0 bridgehead atoms. The van der Waals surface area contributed by atoms with Crippen molar-refractivity contribution in [3.05, 3.63) is 58.2 Å². The number of pyridine rings is 1. The van der Waals surface area contributed by atoms with Crippen LogP contribution in [0.3, 0.4) is 0 Å². The largest absolute Gasteiger partial charge is 0.457 e. The van der Waals surface area contributed by atoms with Crippen molar-refractivity contribution in [1.82, 2.24) is 4.98 Å². The van der Waals surface area contributed by atoms with Crippen LogP contribution in [0.2, 0.25) is 0 Å². The number of ether oxygens (including phenoxy) is 1. The third-order valence-corrected chi connectivity index (χ3v) is 2.75. The number of benzene rings is 1. The van der Waals surface area contributed by atoms with Crippen LogP contribution in [0.15, 0.2) is 47.1 Å². The zero-order chi connectivity index (χ0) is 13.0. The Morgan fingerprint density at radius 2 is 2.06 bits per heavy atom. The predicted octanol–water partition coefficient (Wildman–Crippen LogP) is 2.78. The molecule has 0 aliphatic heterocycles. The number of anilines is 1. The molecule has 18 heavy (non-hydrogen) atoms. The van der Waals surface area contributed by atoms with E-state index >= 15 is 0 Å². The average Bonchev–Trinajstić information content (AvgIpc) is 2.40. The van der Waals surface area contributed by atoms with E-state index in [1.807, 2.05) is 30.3 Å². The predicted molar refractivity (Wildman–Crippen MR) is 71.9 cm³/mol. The summed E-state index contributed by atoms with van der Waals surface area (Å²) >= 11 is 3.23. The summed E-state index contributed by atoms with van der Waals surface area (Å²) in [6.07, 6.45) is 1.53. The van der Waals surface area contributed by atoms with Crippen LogP contribution in [0.4, 0.5) is 5.82 Å². The lowest BCUT2D eigenvalue weighted by molar-refractivity contribution is 0.0473. The second-order valence-electron chi connectivity index (χ2n) is 3.65. The lowest BCUT2D eigenvalue weighted by Gasteiger charge is -2.06. The van der Waals surface area contributed by atoms with Crippen LogP contribution in [0.5, 0.6) is 0 Å². The van der Waals surface area contributed by atoms with Gasteiger partial charge >= 0.3 is 5.97 Å². The third-order valence-electron chi connectivity index (χ3n) is 2.32. The number of esters is 1. The van der Waals surface area contributed by atoms with Gasteiger partial charge in [-0.2, -0.15) is 0 Å². The zero-order valence-corrected chi connectivity index (χ0v) is 11.1. The van der Waals surface area contributed by atoms with Gasteiger partial charge in [-0.25, -0.2) is 9.78 Å². The summed E-state index contributed by atoms with van der Waals surface area (Å²) in [5.74, 6) is -0.318. The van der Waals surface area contributed by atoms with E-state index in [0.29, 0.717) is 4.47 Å². The number of nitrogens with zero attached hydrogens (tertiary/aromatic N) is 1. The Morgan fingerprint density at radius 1 is 1.33 bits per heavy atom. The molecule has 0 saturated carbocycles. The molecule has 2 N–H and O–H groups in total. The van der Waals surface area contributed by atoms with Crippen molar-refractivity contribution < 1.29 is 9.53 Å². The number of rotatable bonds is 3. The molecule has 0 spiro atoms. The van der Waals surface area contributed by atoms with Crippen molar-refractivity contribution in [3.8, 4) is 0 Å². The standard InChI is InChI=1S/C13H11BrN2O2/c14-10-6-11(12(15)16-7-10)13(17)18-8-9-4-2-1-3-5-9/h1-7H,8H2,(H2,15,16). The first-order chi connectivity index (χ1) is 8.66. The number of nitrogens with two attached hydrogens (primary N) is 1. The first-order valence-electron chi connectivity index (χ1n) is 5.29. The maximum Gasteiger partial charge on any atom is 0.342 e. The SMILES string of the molecule is Nc1ncc(Br)cc1C(=O)OCc1ccccc1. The Labute approximate surface area is 113 Å². The third kappa shape index (κ3) is 3.07. The van der Waals surface area contributed by atoms with E-state index in [9.17, 15) is 4.79 Å². The fraction of sp³-hybridized carbons (Fsp3) is 0.0769. The van der Waals surface area contributed by atoms with E-state index in [2.05, 4.69) is 20.9 Å². The fourth-order valence-corrected chi connectivity index (χ4v) is 1.75. The molecule has 0 aliphatic carbocycles. The summed E-state index contributed by atoms with van der Waals surface area (Å²) in [6, 6.07) is 11.0. The van der Waals surface area contributed by atoms with Crippen LogP contribution in [-0.4, -0.2) is 11.0 Å². The summed E-state index contributed by atoms with van der Waals surface area (Å²) in [5.41, 5.74) is 6.81. The number of nitrogen functional groups attached to an aromatic ring is 1. The van der Waals surface area contributed by atoms with Gasteiger partial charge in [-0.05, 0) is 27.6 Å². The van der Waals surface area contributed by atoms with Gasteiger partial charge in [0.05, 0.1) is 0 Å². The lowest BCUT2D eigenvalue weighted by atomic mass is 10.2. The fourth-order valence-electron chi connectivity index (χ4n) is 1.41. The van der Waals surface area contributed by atoms with Gasteiger partial charge in [-0.1, -0.05) is 30.3 Å². The summed E-state index contributed by atoms with van der Waals surface area (Å²) in [7, 11) is 0. The Hall–Kier alpha value is -1.88. The van der Waals surface area contributed by atoms with Crippen molar-refractivity contribution in [2.45, 2.75) is 6.61 Å². The molecule has 92 valence electrons. The highest BCUT2D eigenvalue weighted by Crippen LogP contribution is 2.17. The molecule has 2 rings (SSSR count). The van der Waals surface area contributed by atoms with Crippen molar-refractivity contribution in [2.24, 2.45) is 0 Å². The van der Waals surface area contributed by atoms with Gasteiger partial charge < -0.3 is 10.5 Å². The van der Waals surface area contributed by atoms with Gasteiger partial charge in [0.1, 0.15) is 18.0 Å². The molecule has 0 amide bonds. The molecule has 2 aromatic rings. The van der Waals surface area contributed by atoms with Crippen molar-refractivity contribution in [2.75, 3.05) is 5.73 Å². The highest BCUT2D eigenvalue weighted by molar-refractivity contribution is 9.10. The van der Waals surface area contributed by atoms with Crippen LogP contribution in [0, 0.1) is 0 Å². The highest BCUT2D eigenvalue weighted by Gasteiger charge is 2.12. The van der Waals surface area contributed by atoms with Crippen molar-refractivity contribution in [3.63, 3.8) is 0 Å². The molecule has 5 heteroatoms. The molecule has 0 atom stereocenters. The van der Waals surface area contributed by atoms with Crippen molar-refractivity contribution in [1.29, 1.82) is 0 Å². The Morgan fingerprint density at radius 3 is 2.78 bits per heavy atom. The first kappa shape index (κ1) is 12.6. The van der Waals surface area contributed by atoms with Gasteiger partial charge in [0.2, 0.25) is 0 Å². The Kier molecular flexibility index (Phi) is 3.94. The Bertz CT molecular complexity index is 558. The van der Waals surface area contributed by atoms with Crippen LogP contribution < -0.4 is 5.73 Å². The van der Waals surface area contributed by atoms with Crippen LogP contribution in [0.25, 0.3) is 0 Å². The maximum absolute atomic E-state index is 11.8. The molecule has 4 nitrogen and oxygen atoms in total.